The average Bonchev–Trinajstić information content (AvgIpc) is 3.51. The van der Waals surface area contributed by atoms with Crippen LogP contribution in [-0.4, -0.2) is 49.7 Å². The Balaban J connectivity index is 1.42. The predicted molar refractivity (Wildman–Crippen MR) is 124 cm³/mol. The monoisotopic (exact) mass is 454 g/mol. The highest BCUT2D eigenvalue weighted by Gasteiger charge is 2.19. The minimum atomic E-state index is -0.295. The van der Waals surface area contributed by atoms with Crippen LogP contribution in [0.3, 0.4) is 0 Å². The third-order valence-electron chi connectivity index (χ3n) is 5.56. The van der Waals surface area contributed by atoms with Crippen LogP contribution >= 0.6 is 11.3 Å². The number of rotatable bonds is 6. The molecule has 2 amide bonds. The number of aromatic hydroxyl groups is 1. The Kier molecular flexibility index (Phi) is 6.13. The van der Waals surface area contributed by atoms with E-state index in [1.165, 1.54) is 17.5 Å². The summed E-state index contributed by atoms with van der Waals surface area (Å²) in [5, 5.41) is 20.9. The van der Waals surface area contributed by atoms with Gasteiger partial charge >= 0.3 is 0 Å². The van der Waals surface area contributed by atoms with E-state index in [9.17, 15) is 14.7 Å². The van der Waals surface area contributed by atoms with E-state index in [4.69, 9.17) is 0 Å². The minimum Gasteiger partial charge on any atom is -0.508 e. The molecule has 1 fully saturated rings. The highest BCUT2D eigenvalue weighted by Crippen LogP contribution is 2.30. The Bertz CT molecular complexity index is 1160. The lowest BCUT2D eigenvalue weighted by molar-refractivity contribution is -0.130. The number of hydrogen-bond donors (Lipinski definition) is 3. The molecule has 10 heteroatoms. The number of anilines is 3. The number of carbonyl (C=O) groups excluding carboxylic acids is 2. The predicted octanol–water partition coefficient (Wildman–Crippen LogP) is 3.59. The molecule has 4 rings (SSSR count). The molecule has 3 heterocycles. The SMILES string of the molecule is Cc1ccc(O)c(C)c1NC(=O)c1cnc(Nc2cn(CC(=O)N3CCCC3)nc2C)s1. The van der Waals surface area contributed by atoms with Gasteiger partial charge in [-0.2, -0.15) is 5.10 Å². The molecule has 0 atom stereocenters. The summed E-state index contributed by atoms with van der Waals surface area (Å²) in [6.45, 7) is 7.32. The van der Waals surface area contributed by atoms with E-state index in [2.05, 4.69) is 20.7 Å². The lowest BCUT2D eigenvalue weighted by atomic mass is 10.1. The first kappa shape index (κ1) is 21.8. The maximum Gasteiger partial charge on any atom is 0.267 e. The molecule has 32 heavy (non-hydrogen) atoms. The van der Waals surface area contributed by atoms with Crippen molar-refractivity contribution in [2.45, 2.75) is 40.2 Å². The molecule has 0 unspecified atom stereocenters. The number of hydrogen-bond acceptors (Lipinski definition) is 7. The third-order valence-corrected chi connectivity index (χ3v) is 6.47. The summed E-state index contributed by atoms with van der Waals surface area (Å²) in [5.41, 5.74) is 3.56. The van der Waals surface area contributed by atoms with Crippen molar-refractivity contribution in [1.82, 2.24) is 19.7 Å². The Morgan fingerprint density at radius 1 is 1.19 bits per heavy atom. The molecule has 0 aliphatic carbocycles. The highest BCUT2D eigenvalue weighted by atomic mass is 32.1. The molecule has 1 aliphatic heterocycles. The van der Waals surface area contributed by atoms with Gasteiger partial charge < -0.3 is 20.6 Å². The fraction of sp³-hybridized carbons (Fsp3) is 0.364. The van der Waals surface area contributed by atoms with Crippen molar-refractivity contribution in [1.29, 1.82) is 0 Å². The van der Waals surface area contributed by atoms with Gasteiger partial charge in [0.2, 0.25) is 5.91 Å². The largest absolute Gasteiger partial charge is 0.508 e. The molecule has 0 bridgehead atoms. The zero-order valence-electron chi connectivity index (χ0n) is 18.3. The smallest absolute Gasteiger partial charge is 0.267 e. The molecule has 1 aromatic carbocycles. The van der Waals surface area contributed by atoms with E-state index in [1.807, 2.05) is 18.7 Å². The molecule has 9 nitrogen and oxygen atoms in total. The number of nitrogens with zero attached hydrogens (tertiary/aromatic N) is 4. The van der Waals surface area contributed by atoms with Gasteiger partial charge in [0.15, 0.2) is 5.13 Å². The number of aryl methyl sites for hydroxylation is 2. The normalized spacial score (nSPS) is 13.4. The van der Waals surface area contributed by atoms with Gasteiger partial charge in [0.1, 0.15) is 17.2 Å². The van der Waals surface area contributed by atoms with Crippen molar-refractivity contribution < 1.29 is 14.7 Å². The van der Waals surface area contributed by atoms with E-state index in [1.54, 1.807) is 29.9 Å². The molecule has 2 aromatic heterocycles. The minimum absolute atomic E-state index is 0.0716. The highest BCUT2D eigenvalue weighted by molar-refractivity contribution is 7.17. The second-order valence-electron chi connectivity index (χ2n) is 7.92. The van der Waals surface area contributed by atoms with Crippen LogP contribution in [0.15, 0.2) is 24.5 Å². The van der Waals surface area contributed by atoms with E-state index in [0.29, 0.717) is 21.3 Å². The topological polar surface area (TPSA) is 112 Å². The number of carbonyl (C=O) groups is 2. The van der Waals surface area contributed by atoms with Gasteiger partial charge in [-0.3, -0.25) is 14.3 Å². The van der Waals surface area contributed by atoms with Crippen LogP contribution in [0.2, 0.25) is 0 Å². The maximum atomic E-state index is 12.7. The molecule has 168 valence electrons. The van der Waals surface area contributed by atoms with Crippen molar-refractivity contribution in [2.75, 3.05) is 23.7 Å². The molecule has 0 radical (unpaired) electrons. The average molecular weight is 455 g/mol. The standard InChI is InChI=1S/C22H26N6O3S/c1-13-6-7-17(29)14(2)20(13)25-21(31)18-10-23-22(32-18)24-16-11-28(26-15(16)3)12-19(30)27-8-4-5-9-27/h6-7,10-11,29H,4-5,8-9,12H2,1-3H3,(H,23,24)(H,25,31). The van der Waals surface area contributed by atoms with Crippen molar-refractivity contribution in [3.05, 3.63) is 46.2 Å². The number of amides is 2. The number of thiazole rings is 1. The van der Waals surface area contributed by atoms with Gasteiger partial charge in [-0.25, -0.2) is 4.98 Å². The van der Waals surface area contributed by atoms with Crippen LogP contribution in [0.4, 0.5) is 16.5 Å². The van der Waals surface area contributed by atoms with Gasteiger partial charge in [-0.05, 0) is 45.2 Å². The van der Waals surface area contributed by atoms with Gasteiger partial charge in [-0.15, -0.1) is 0 Å². The number of phenols is 1. The summed E-state index contributed by atoms with van der Waals surface area (Å²) in [6, 6.07) is 3.36. The van der Waals surface area contributed by atoms with Crippen LogP contribution in [0.5, 0.6) is 5.75 Å². The van der Waals surface area contributed by atoms with Gasteiger partial charge in [0, 0.05) is 24.8 Å². The van der Waals surface area contributed by atoms with Crippen molar-refractivity contribution in [2.24, 2.45) is 0 Å². The summed E-state index contributed by atoms with van der Waals surface area (Å²) in [7, 11) is 0. The van der Waals surface area contributed by atoms with E-state index < -0.39 is 0 Å². The third kappa shape index (κ3) is 4.59. The summed E-state index contributed by atoms with van der Waals surface area (Å²) in [6.07, 6.45) is 5.40. The number of aromatic nitrogens is 3. The van der Waals surface area contributed by atoms with Gasteiger partial charge in [0.05, 0.1) is 23.3 Å². The first-order chi connectivity index (χ1) is 15.3. The molecule has 0 saturated carbocycles. The Morgan fingerprint density at radius 2 is 1.94 bits per heavy atom. The van der Waals surface area contributed by atoms with Crippen molar-refractivity contribution in [3.63, 3.8) is 0 Å². The first-order valence-electron chi connectivity index (χ1n) is 10.5. The van der Waals surface area contributed by atoms with Crippen molar-refractivity contribution in [3.8, 4) is 5.75 Å². The zero-order valence-corrected chi connectivity index (χ0v) is 19.1. The van der Waals surface area contributed by atoms with Gasteiger partial charge in [-0.1, -0.05) is 17.4 Å². The molecular formula is C22H26N6O3S. The molecule has 0 spiro atoms. The van der Waals surface area contributed by atoms with Crippen LogP contribution in [0, 0.1) is 20.8 Å². The quantitative estimate of drug-likeness (QED) is 0.525. The van der Waals surface area contributed by atoms with Crippen LogP contribution in [0.25, 0.3) is 0 Å². The van der Waals surface area contributed by atoms with Crippen molar-refractivity contribution >= 4 is 39.7 Å². The number of phenolic OH excluding ortho intramolecular Hbond substituents is 1. The van der Waals surface area contributed by atoms with Crippen LogP contribution in [-0.2, 0) is 11.3 Å². The van der Waals surface area contributed by atoms with Gasteiger partial charge in [0.25, 0.3) is 5.91 Å². The van der Waals surface area contributed by atoms with Crippen LogP contribution in [0.1, 0.15) is 39.3 Å². The molecule has 3 N–H and O–H groups in total. The molecule has 1 saturated heterocycles. The molecule has 1 aliphatic rings. The van der Waals surface area contributed by atoms with E-state index in [0.717, 1.165) is 42.9 Å². The maximum absolute atomic E-state index is 12.7. The fourth-order valence-electron chi connectivity index (χ4n) is 3.68. The summed E-state index contributed by atoms with van der Waals surface area (Å²) in [5.74, 6) is -0.0912. The number of likely N-dealkylation sites (tertiary alicyclic amines) is 1. The lowest BCUT2D eigenvalue weighted by Gasteiger charge is -2.14. The second-order valence-corrected chi connectivity index (χ2v) is 8.95. The summed E-state index contributed by atoms with van der Waals surface area (Å²) < 4.78 is 1.63. The summed E-state index contributed by atoms with van der Waals surface area (Å²) in [4.78, 5) is 31.7. The zero-order chi connectivity index (χ0) is 22.8. The Morgan fingerprint density at radius 3 is 2.69 bits per heavy atom. The fourth-order valence-corrected chi connectivity index (χ4v) is 4.41. The lowest BCUT2D eigenvalue weighted by Crippen LogP contribution is -2.31. The number of benzene rings is 1. The Hall–Kier alpha value is -3.40. The number of nitrogens with one attached hydrogen (secondary N) is 2. The van der Waals surface area contributed by atoms with E-state index in [-0.39, 0.29) is 24.1 Å². The summed E-state index contributed by atoms with van der Waals surface area (Å²) >= 11 is 1.21. The first-order valence-corrected chi connectivity index (χ1v) is 11.3. The second kappa shape index (κ2) is 8.99. The molecule has 3 aromatic rings. The molecular weight excluding hydrogens is 428 g/mol. The van der Waals surface area contributed by atoms with E-state index >= 15 is 0 Å². The Labute approximate surface area is 190 Å². The van der Waals surface area contributed by atoms with Crippen LogP contribution < -0.4 is 10.6 Å².